The van der Waals surface area contributed by atoms with Gasteiger partial charge in [-0.05, 0) is 37.5 Å². The first-order chi connectivity index (χ1) is 11.7. The van der Waals surface area contributed by atoms with Gasteiger partial charge >= 0.3 is 5.97 Å². The molecule has 7 N–H and O–H groups in total. The standard InChI is InChI=1S/C14H20N6O4S/c15-13(16)19-14(17)18-9-4-3-5-10(8-9)25(23,24)20-7-2-1-6-11(20)12(21)22/h3-5,8,11H,1-2,6-7H2,(H,21,22)(H6,15,16,17,18,19). The number of hydrogen-bond donors (Lipinski definition) is 4. The number of carboxylic acids is 1. The summed E-state index contributed by atoms with van der Waals surface area (Å²) in [6.07, 6.45) is 1.56. The number of hydrogen-bond acceptors (Lipinski definition) is 4. The summed E-state index contributed by atoms with van der Waals surface area (Å²) in [5.41, 5.74) is 16.2. The third kappa shape index (κ3) is 4.45. The quantitative estimate of drug-likeness (QED) is 0.410. The Morgan fingerprint density at radius 1 is 1.24 bits per heavy atom. The second-order valence-electron chi connectivity index (χ2n) is 5.47. The van der Waals surface area contributed by atoms with Crippen LogP contribution in [0, 0.1) is 0 Å². The molecule has 136 valence electrons. The largest absolute Gasteiger partial charge is 0.480 e. The van der Waals surface area contributed by atoms with Crippen molar-refractivity contribution in [2.75, 3.05) is 6.54 Å². The first kappa shape index (κ1) is 18.7. The van der Waals surface area contributed by atoms with Crippen molar-refractivity contribution in [3.05, 3.63) is 24.3 Å². The van der Waals surface area contributed by atoms with Gasteiger partial charge in [0.2, 0.25) is 16.0 Å². The van der Waals surface area contributed by atoms with Gasteiger partial charge in [0.25, 0.3) is 0 Å². The summed E-state index contributed by atoms with van der Waals surface area (Å²) < 4.78 is 26.7. The average molecular weight is 368 g/mol. The summed E-state index contributed by atoms with van der Waals surface area (Å²) in [5, 5.41) is 9.29. The number of rotatable bonds is 4. The van der Waals surface area contributed by atoms with Crippen molar-refractivity contribution in [2.24, 2.45) is 27.2 Å². The molecule has 2 rings (SSSR count). The van der Waals surface area contributed by atoms with E-state index >= 15 is 0 Å². The van der Waals surface area contributed by atoms with Crippen molar-refractivity contribution in [1.82, 2.24) is 4.31 Å². The van der Waals surface area contributed by atoms with Crippen molar-refractivity contribution >= 4 is 33.6 Å². The molecule has 11 heteroatoms. The lowest BCUT2D eigenvalue weighted by atomic mass is 10.1. The zero-order valence-electron chi connectivity index (χ0n) is 13.4. The van der Waals surface area contributed by atoms with E-state index in [1.54, 1.807) is 0 Å². The van der Waals surface area contributed by atoms with E-state index in [-0.39, 0.29) is 35.5 Å². The molecule has 1 aliphatic rings. The molecule has 0 bridgehead atoms. The van der Waals surface area contributed by atoms with E-state index in [0.29, 0.717) is 12.8 Å². The van der Waals surface area contributed by atoms with Gasteiger partial charge in [0.1, 0.15) is 6.04 Å². The van der Waals surface area contributed by atoms with Crippen LogP contribution in [0.15, 0.2) is 39.1 Å². The average Bonchev–Trinajstić information content (AvgIpc) is 2.54. The van der Waals surface area contributed by atoms with Crippen LogP contribution in [0.5, 0.6) is 0 Å². The fraction of sp³-hybridized carbons (Fsp3) is 0.357. The molecule has 0 aromatic heterocycles. The lowest BCUT2D eigenvalue weighted by molar-refractivity contribution is -0.142. The van der Waals surface area contributed by atoms with Crippen LogP contribution in [0.25, 0.3) is 0 Å². The first-order valence-corrected chi connectivity index (χ1v) is 8.94. The molecule has 1 unspecified atom stereocenters. The molecule has 1 aromatic carbocycles. The van der Waals surface area contributed by atoms with Crippen LogP contribution in [0.4, 0.5) is 5.69 Å². The Bertz CT molecular complexity index is 816. The molecule has 0 aliphatic carbocycles. The summed E-state index contributed by atoms with van der Waals surface area (Å²) in [7, 11) is -3.98. The van der Waals surface area contributed by atoms with Gasteiger partial charge in [0.15, 0.2) is 5.96 Å². The van der Waals surface area contributed by atoms with Gasteiger partial charge in [0, 0.05) is 6.54 Å². The highest BCUT2D eigenvalue weighted by Gasteiger charge is 2.37. The Labute approximate surface area is 145 Å². The fourth-order valence-electron chi connectivity index (χ4n) is 2.58. The van der Waals surface area contributed by atoms with Gasteiger partial charge < -0.3 is 22.3 Å². The van der Waals surface area contributed by atoms with Gasteiger partial charge in [-0.1, -0.05) is 6.07 Å². The van der Waals surface area contributed by atoms with E-state index in [1.807, 2.05) is 0 Å². The molecule has 25 heavy (non-hydrogen) atoms. The minimum absolute atomic E-state index is 0.0700. The number of aliphatic imine (C=N–C) groups is 2. The number of carbonyl (C=O) groups is 1. The summed E-state index contributed by atoms with van der Waals surface area (Å²) in [4.78, 5) is 18.8. The van der Waals surface area contributed by atoms with Crippen LogP contribution in [0.3, 0.4) is 0 Å². The number of sulfonamides is 1. The third-order valence-electron chi connectivity index (χ3n) is 3.65. The Balaban J connectivity index is 2.38. The minimum Gasteiger partial charge on any atom is -0.480 e. The molecule has 1 heterocycles. The van der Waals surface area contributed by atoms with E-state index in [0.717, 1.165) is 4.31 Å². The highest BCUT2D eigenvalue weighted by molar-refractivity contribution is 7.89. The third-order valence-corrected chi connectivity index (χ3v) is 5.55. The second-order valence-corrected chi connectivity index (χ2v) is 7.36. The highest BCUT2D eigenvalue weighted by atomic mass is 32.2. The van der Waals surface area contributed by atoms with Crippen LogP contribution in [0.1, 0.15) is 19.3 Å². The number of piperidine rings is 1. The second kappa shape index (κ2) is 7.49. The maximum atomic E-state index is 12.8. The van der Waals surface area contributed by atoms with Crippen molar-refractivity contribution in [1.29, 1.82) is 0 Å². The maximum absolute atomic E-state index is 12.8. The Morgan fingerprint density at radius 3 is 2.60 bits per heavy atom. The van der Waals surface area contributed by atoms with Crippen LogP contribution in [0.2, 0.25) is 0 Å². The van der Waals surface area contributed by atoms with E-state index in [4.69, 9.17) is 17.2 Å². The molecule has 1 fully saturated rings. The first-order valence-electron chi connectivity index (χ1n) is 7.50. The molecular formula is C14H20N6O4S. The van der Waals surface area contributed by atoms with Crippen molar-refractivity contribution in [2.45, 2.75) is 30.2 Å². The smallest absolute Gasteiger partial charge is 0.322 e. The predicted molar refractivity (Wildman–Crippen MR) is 92.7 cm³/mol. The normalized spacial score (nSPS) is 19.4. The lowest BCUT2D eigenvalue weighted by Gasteiger charge is -2.31. The van der Waals surface area contributed by atoms with E-state index < -0.39 is 22.0 Å². The monoisotopic (exact) mass is 368 g/mol. The Morgan fingerprint density at radius 2 is 1.96 bits per heavy atom. The van der Waals surface area contributed by atoms with E-state index in [9.17, 15) is 18.3 Å². The number of nitrogens with zero attached hydrogens (tertiary/aromatic N) is 3. The molecule has 1 atom stereocenters. The molecule has 1 aromatic rings. The number of aliphatic carboxylic acids is 1. The molecule has 0 radical (unpaired) electrons. The lowest BCUT2D eigenvalue weighted by Crippen LogP contribution is -2.47. The molecule has 0 spiro atoms. The summed E-state index contributed by atoms with van der Waals surface area (Å²) in [6, 6.07) is 4.60. The number of nitrogens with two attached hydrogens (primary N) is 3. The number of benzene rings is 1. The van der Waals surface area contributed by atoms with Gasteiger partial charge in [-0.25, -0.2) is 13.4 Å². The van der Waals surface area contributed by atoms with Gasteiger partial charge in [-0.15, -0.1) is 0 Å². The Kier molecular flexibility index (Phi) is 5.59. The van der Waals surface area contributed by atoms with Gasteiger partial charge in [0.05, 0.1) is 10.6 Å². The topological polar surface area (TPSA) is 177 Å². The molecule has 0 amide bonds. The molecule has 0 saturated carbocycles. The van der Waals surface area contributed by atoms with Crippen LogP contribution < -0.4 is 17.2 Å². The fourth-order valence-corrected chi connectivity index (χ4v) is 4.27. The minimum atomic E-state index is -3.98. The van der Waals surface area contributed by atoms with Crippen molar-refractivity contribution in [3.8, 4) is 0 Å². The van der Waals surface area contributed by atoms with E-state index in [2.05, 4.69) is 9.98 Å². The SMILES string of the molecule is NC(N)=NC(N)=Nc1cccc(S(=O)(=O)N2CCCCC2C(=O)O)c1. The van der Waals surface area contributed by atoms with Crippen LogP contribution in [-0.4, -0.2) is 48.3 Å². The summed E-state index contributed by atoms with van der Waals surface area (Å²) in [5.74, 6) is -1.66. The predicted octanol–water partition coefficient (Wildman–Crippen LogP) is -0.466. The highest BCUT2D eigenvalue weighted by Crippen LogP contribution is 2.27. The number of guanidine groups is 2. The van der Waals surface area contributed by atoms with Gasteiger partial charge in [-0.2, -0.15) is 9.30 Å². The van der Waals surface area contributed by atoms with E-state index in [1.165, 1.54) is 24.3 Å². The molecule has 1 saturated heterocycles. The van der Waals surface area contributed by atoms with Gasteiger partial charge in [-0.3, -0.25) is 4.79 Å². The summed E-state index contributed by atoms with van der Waals surface area (Å²) >= 11 is 0. The Hall–Kier alpha value is -2.66. The molecule has 1 aliphatic heterocycles. The van der Waals surface area contributed by atoms with Crippen molar-refractivity contribution < 1.29 is 18.3 Å². The maximum Gasteiger partial charge on any atom is 0.322 e. The summed E-state index contributed by atoms with van der Waals surface area (Å²) in [6.45, 7) is 0.156. The van der Waals surface area contributed by atoms with Crippen LogP contribution in [-0.2, 0) is 14.8 Å². The zero-order chi connectivity index (χ0) is 18.6. The molecule has 10 nitrogen and oxygen atoms in total. The van der Waals surface area contributed by atoms with Crippen molar-refractivity contribution in [3.63, 3.8) is 0 Å². The van der Waals surface area contributed by atoms with Crippen LogP contribution >= 0.6 is 0 Å². The number of carboxylic acid groups (broad SMARTS) is 1. The zero-order valence-corrected chi connectivity index (χ0v) is 14.2. The molecular weight excluding hydrogens is 348 g/mol.